The van der Waals surface area contributed by atoms with Crippen LogP contribution < -0.4 is 10.1 Å². The van der Waals surface area contributed by atoms with Crippen LogP contribution in [0.25, 0.3) is 11.1 Å². The minimum atomic E-state index is -4.81. The molecule has 0 fully saturated rings. The van der Waals surface area contributed by atoms with Gasteiger partial charge in [0.2, 0.25) is 0 Å². The molecule has 0 saturated heterocycles. The number of carbonyl (C=O) groups excluding carboxylic acids is 1. The predicted octanol–water partition coefficient (Wildman–Crippen LogP) is 2.85. The molecule has 0 aliphatic carbocycles. The molecule has 0 aliphatic heterocycles. The number of rotatable bonds is 5. The van der Waals surface area contributed by atoms with E-state index in [1.807, 2.05) is 0 Å². The van der Waals surface area contributed by atoms with E-state index in [2.05, 4.69) is 20.4 Å². The minimum Gasteiger partial charge on any atom is -0.497 e. The van der Waals surface area contributed by atoms with E-state index in [9.17, 15) is 22.8 Å². The van der Waals surface area contributed by atoms with Gasteiger partial charge >= 0.3 is 12.1 Å². The van der Waals surface area contributed by atoms with Crippen molar-refractivity contribution in [2.75, 3.05) is 12.4 Å². The van der Waals surface area contributed by atoms with Crippen LogP contribution in [0, 0.1) is 0 Å². The smallest absolute Gasteiger partial charge is 0.435 e. The Morgan fingerprint density at radius 2 is 1.70 bits per heavy atom. The summed E-state index contributed by atoms with van der Waals surface area (Å²) >= 11 is 0. The van der Waals surface area contributed by atoms with Crippen LogP contribution in [0.5, 0.6) is 5.75 Å². The first-order valence-corrected chi connectivity index (χ1v) is 8.27. The van der Waals surface area contributed by atoms with E-state index in [4.69, 9.17) is 9.84 Å². The van der Waals surface area contributed by atoms with Gasteiger partial charge in [-0.3, -0.25) is 9.48 Å². The summed E-state index contributed by atoms with van der Waals surface area (Å²) in [6.07, 6.45) is -2.64. The highest BCUT2D eigenvalue weighted by Gasteiger charge is 2.40. The molecule has 0 atom stereocenters. The lowest BCUT2D eigenvalue weighted by Crippen LogP contribution is -2.21. The van der Waals surface area contributed by atoms with Gasteiger partial charge < -0.3 is 15.2 Å². The zero-order chi connectivity index (χ0) is 22.1. The molecule has 0 saturated carbocycles. The van der Waals surface area contributed by atoms with Crippen LogP contribution in [0.1, 0.15) is 26.7 Å². The molecule has 3 rings (SSSR count). The molecule has 0 spiro atoms. The van der Waals surface area contributed by atoms with E-state index in [0.29, 0.717) is 5.75 Å². The van der Waals surface area contributed by atoms with E-state index >= 15 is 0 Å². The Bertz CT molecular complexity index is 1110. The third-order valence-corrected chi connectivity index (χ3v) is 4.04. The molecule has 0 unspecified atom stereocenters. The number of nitrogens with zero attached hydrogens (tertiary/aromatic N) is 4. The van der Waals surface area contributed by atoms with E-state index < -0.39 is 35.1 Å². The molecule has 3 aromatic rings. The molecular weight excluding hydrogens is 407 g/mol. The molecule has 12 heteroatoms. The van der Waals surface area contributed by atoms with Gasteiger partial charge in [-0.25, -0.2) is 14.8 Å². The number of aromatic carboxylic acids is 1. The van der Waals surface area contributed by atoms with Crippen LogP contribution in [0.3, 0.4) is 0 Å². The van der Waals surface area contributed by atoms with Crippen molar-refractivity contribution in [1.82, 2.24) is 19.7 Å². The second kappa shape index (κ2) is 7.81. The second-order valence-corrected chi connectivity index (χ2v) is 5.93. The van der Waals surface area contributed by atoms with Crippen molar-refractivity contribution in [3.63, 3.8) is 0 Å². The first-order valence-electron chi connectivity index (χ1n) is 8.27. The maximum atomic E-state index is 13.6. The van der Waals surface area contributed by atoms with Crippen LogP contribution in [0.2, 0.25) is 0 Å². The number of methoxy groups -OCH3 is 1. The van der Waals surface area contributed by atoms with E-state index in [1.54, 1.807) is 0 Å². The van der Waals surface area contributed by atoms with Crippen LogP contribution >= 0.6 is 0 Å². The fraction of sp³-hybridized carbons (Fsp3) is 0.167. The number of aromatic nitrogens is 4. The molecule has 1 amide bonds. The van der Waals surface area contributed by atoms with Crippen LogP contribution in [-0.4, -0.2) is 43.8 Å². The lowest BCUT2D eigenvalue weighted by Gasteiger charge is -2.11. The van der Waals surface area contributed by atoms with Crippen LogP contribution in [0.4, 0.5) is 19.0 Å². The fourth-order valence-electron chi connectivity index (χ4n) is 2.72. The maximum Gasteiger partial charge on any atom is 0.435 e. The normalized spacial score (nSPS) is 11.2. The highest BCUT2D eigenvalue weighted by molar-refractivity contribution is 6.09. The summed E-state index contributed by atoms with van der Waals surface area (Å²) in [6.45, 7) is 0. The summed E-state index contributed by atoms with van der Waals surface area (Å²) in [5.74, 6) is -2.43. The Morgan fingerprint density at radius 1 is 1.10 bits per heavy atom. The van der Waals surface area contributed by atoms with Crippen LogP contribution in [-0.2, 0) is 13.2 Å². The van der Waals surface area contributed by atoms with Gasteiger partial charge in [0, 0.05) is 19.4 Å². The molecule has 9 nitrogen and oxygen atoms in total. The highest BCUT2D eigenvalue weighted by Crippen LogP contribution is 2.41. The summed E-state index contributed by atoms with van der Waals surface area (Å²) in [6, 6.07) is 5.68. The average molecular weight is 421 g/mol. The Kier molecular flexibility index (Phi) is 5.41. The molecule has 156 valence electrons. The number of anilines is 1. The number of carbonyl (C=O) groups is 2. The van der Waals surface area contributed by atoms with Crippen molar-refractivity contribution >= 4 is 17.7 Å². The topological polar surface area (TPSA) is 119 Å². The number of nitrogens with one attached hydrogen (secondary N) is 1. The first-order chi connectivity index (χ1) is 14.1. The van der Waals surface area contributed by atoms with Crippen molar-refractivity contribution < 1.29 is 32.6 Å². The number of benzene rings is 1. The molecule has 0 radical (unpaired) electrons. The standard InChI is InChI=1S/C18H14F3N5O4/c1-26-15(24-16(27)12-13(17(28)29)23-8-7-22-12)11(14(25-26)18(19,20)21)9-3-5-10(30-2)6-4-9/h3-8H,1-2H3,(H,24,27)(H,28,29). The molecule has 0 bridgehead atoms. The molecule has 2 heterocycles. The Balaban J connectivity index is 2.12. The van der Waals surface area contributed by atoms with E-state index in [0.717, 1.165) is 17.1 Å². The average Bonchev–Trinajstić information content (AvgIpc) is 3.04. The summed E-state index contributed by atoms with van der Waals surface area (Å²) in [5, 5.41) is 14.9. The maximum absolute atomic E-state index is 13.6. The fourth-order valence-corrected chi connectivity index (χ4v) is 2.72. The number of carboxylic acids is 1. The Morgan fingerprint density at radius 3 is 2.23 bits per heavy atom. The Labute approximate surface area is 167 Å². The summed E-state index contributed by atoms with van der Waals surface area (Å²) < 4.78 is 46.6. The number of hydrogen-bond donors (Lipinski definition) is 2. The van der Waals surface area contributed by atoms with Crippen molar-refractivity contribution in [2.45, 2.75) is 6.18 Å². The SMILES string of the molecule is COc1ccc(-c2c(C(F)(F)F)nn(C)c2NC(=O)c2nccnc2C(=O)O)cc1. The van der Waals surface area contributed by atoms with E-state index in [-0.39, 0.29) is 16.9 Å². The van der Waals surface area contributed by atoms with Crippen molar-refractivity contribution in [1.29, 1.82) is 0 Å². The third-order valence-electron chi connectivity index (χ3n) is 4.04. The number of aryl methyl sites for hydroxylation is 1. The van der Waals surface area contributed by atoms with Gasteiger partial charge in [0.25, 0.3) is 5.91 Å². The molecule has 1 aromatic carbocycles. The minimum absolute atomic E-state index is 0.115. The van der Waals surface area contributed by atoms with Gasteiger partial charge in [-0.15, -0.1) is 0 Å². The third kappa shape index (κ3) is 3.92. The van der Waals surface area contributed by atoms with Gasteiger partial charge in [0.05, 0.1) is 12.7 Å². The number of halogens is 3. The molecule has 2 N–H and O–H groups in total. The lowest BCUT2D eigenvalue weighted by atomic mass is 10.0. The summed E-state index contributed by atoms with van der Waals surface area (Å²) in [4.78, 5) is 31.1. The van der Waals surface area contributed by atoms with Gasteiger partial charge in [0.15, 0.2) is 17.1 Å². The van der Waals surface area contributed by atoms with Crippen molar-refractivity contribution in [3.05, 3.63) is 53.7 Å². The Hall–Kier alpha value is -3.96. The quantitative estimate of drug-likeness (QED) is 0.650. The largest absolute Gasteiger partial charge is 0.497 e. The molecular formula is C18H14F3N5O4. The van der Waals surface area contributed by atoms with E-state index in [1.165, 1.54) is 38.4 Å². The first kappa shape index (κ1) is 20.8. The highest BCUT2D eigenvalue weighted by atomic mass is 19.4. The van der Waals surface area contributed by atoms with Crippen molar-refractivity contribution in [2.24, 2.45) is 7.05 Å². The number of carboxylic acid groups (broad SMARTS) is 1. The summed E-state index contributed by atoms with van der Waals surface area (Å²) in [5.41, 5.74) is -2.69. The molecule has 2 aromatic heterocycles. The zero-order valence-electron chi connectivity index (χ0n) is 15.6. The zero-order valence-corrected chi connectivity index (χ0v) is 15.6. The van der Waals surface area contributed by atoms with Gasteiger partial charge in [0.1, 0.15) is 11.6 Å². The van der Waals surface area contributed by atoms with Crippen LogP contribution in [0.15, 0.2) is 36.7 Å². The second-order valence-electron chi connectivity index (χ2n) is 5.93. The van der Waals surface area contributed by atoms with Gasteiger partial charge in [-0.05, 0) is 17.7 Å². The molecule has 30 heavy (non-hydrogen) atoms. The number of ether oxygens (including phenoxy) is 1. The number of alkyl halides is 3. The number of amides is 1. The monoisotopic (exact) mass is 421 g/mol. The molecule has 0 aliphatic rings. The van der Waals surface area contributed by atoms with Gasteiger partial charge in [-0.2, -0.15) is 18.3 Å². The van der Waals surface area contributed by atoms with Gasteiger partial charge in [-0.1, -0.05) is 12.1 Å². The predicted molar refractivity (Wildman–Crippen MR) is 97.1 cm³/mol. The summed E-state index contributed by atoms with van der Waals surface area (Å²) in [7, 11) is 2.62. The lowest BCUT2D eigenvalue weighted by molar-refractivity contribution is -0.140. The number of hydrogen-bond acceptors (Lipinski definition) is 6. The van der Waals surface area contributed by atoms with Crippen molar-refractivity contribution in [3.8, 4) is 16.9 Å².